The smallest absolute Gasteiger partial charge is 0.248 e. The van der Waals surface area contributed by atoms with Gasteiger partial charge in [-0.15, -0.1) is 0 Å². The van der Waals surface area contributed by atoms with Gasteiger partial charge in [-0.2, -0.15) is 0 Å². The minimum Gasteiger partial charge on any atom is -0.337 e. The molecule has 0 radical (unpaired) electrons. The topological polar surface area (TPSA) is 54.5 Å². The van der Waals surface area contributed by atoms with Gasteiger partial charge in [0.2, 0.25) is 5.91 Å². The predicted molar refractivity (Wildman–Crippen MR) is 50.0 cm³/mol. The lowest BCUT2D eigenvalue weighted by molar-refractivity contribution is -0.126. The molecule has 0 spiro atoms. The third-order valence-electron chi connectivity index (χ3n) is 2.00. The second kappa shape index (κ2) is 3.49. The van der Waals surface area contributed by atoms with Gasteiger partial charge in [0.05, 0.1) is 11.5 Å². The summed E-state index contributed by atoms with van der Waals surface area (Å²) in [6.07, 6.45) is 0. The molecule has 1 aliphatic rings. The van der Waals surface area contributed by atoms with E-state index in [0.717, 1.165) is 0 Å². The van der Waals surface area contributed by atoms with Crippen molar-refractivity contribution in [3.8, 4) is 0 Å². The number of nitrogens with zero attached hydrogens (tertiary/aromatic N) is 1. The molecular formula is C8H13NO3S. The zero-order valence-corrected chi connectivity index (χ0v) is 8.43. The molecule has 1 saturated heterocycles. The molecule has 0 aromatic carbocycles. The van der Waals surface area contributed by atoms with E-state index in [0.29, 0.717) is 18.7 Å². The molecule has 1 heterocycles. The maximum Gasteiger partial charge on any atom is 0.248 e. The monoisotopic (exact) mass is 203 g/mol. The number of hydrogen-bond acceptors (Lipinski definition) is 3. The highest BCUT2D eigenvalue weighted by molar-refractivity contribution is 7.91. The Bertz CT molecular complexity index is 317. The highest BCUT2D eigenvalue weighted by atomic mass is 32.2. The van der Waals surface area contributed by atoms with E-state index in [2.05, 4.69) is 6.58 Å². The van der Waals surface area contributed by atoms with Crippen LogP contribution in [0.1, 0.15) is 6.92 Å². The Labute approximate surface area is 78.1 Å². The lowest BCUT2D eigenvalue weighted by atomic mass is 10.3. The molecule has 0 N–H and O–H groups in total. The largest absolute Gasteiger partial charge is 0.337 e. The number of amides is 1. The quantitative estimate of drug-likeness (QED) is 0.555. The molecule has 0 atom stereocenters. The van der Waals surface area contributed by atoms with Gasteiger partial charge < -0.3 is 4.90 Å². The third-order valence-corrected chi connectivity index (χ3v) is 3.61. The van der Waals surface area contributed by atoms with Crippen molar-refractivity contribution in [1.82, 2.24) is 4.90 Å². The minimum absolute atomic E-state index is 0.0754. The summed E-state index contributed by atoms with van der Waals surface area (Å²) in [6, 6.07) is 0. The fourth-order valence-corrected chi connectivity index (χ4v) is 2.39. The van der Waals surface area contributed by atoms with E-state index in [1.807, 2.05) is 0 Å². The van der Waals surface area contributed by atoms with Gasteiger partial charge >= 0.3 is 0 Å². The van der Waals surface area contributed by atoms with Crippen molar-refractivity contribution in [3.63, 3.8) is 0 Å². The van der Waals surface area contributed by atoms with E-state index in [-0.39, 0.29) is 17.4 Å². The summed E-state index contributed by atoms with van der Waals surface area (Å²) in [4.78, 5) is 12.9. The number of carbonyl (C=O) groups is 1. The van der Waals surface area contributed by atoms with Gasteiger partial charge in [0.1, 0.15) is 0 Å². The van der Waals surface area contributed by atoms with E-state index in [4.69, 9.17) is 0 Å². The van der Waals surface area contributed by atoms with Gasteiger partial charge in [-0.1, -0.05) is 6.58 Å². The van der Waals surface area contributed by atoms with Crippen LogP contribution in [0.2, 0.25) is 0 Å². The number of hydrogen-bond donors (Lipinski definition) is 0. The van der Waals surface area contributed by atoms with Crippen molar-refractivity contribution in [1.29, 1.82) is 0 Å². The van der Waals surface area contributed by atoms with E-state index in [1.165, 1.54) is 4.90 Å². The van der Waals surface area contributed by atoms with Crippen LogP contribution < -0.4 is 0 Å². The molecule has 0 unspecified atom stereocenters. The summed E-state index contributed by atoms with van der Waals surface area (Å²) in [6.45, 7) is 5.76. The molecule has 1 rings (SSSR count). The van der Waals surface area contributed by atoms with Crippen molar-refractivity contribution in [3.05, 3.63) is 12.2 Å². The first kappa shape index (κ1) is 10.2. The molecule has 74 valence electrons. The van der Waals surface area contributed by atoms with Crippen LogP contribution >= 0.6 is 0 Å². The standard InChI is InChI=1S/C8H13NO3S/c1-7(2)8(10)9-3-5-13(11,12)6-4-9/h1,3-6H2,2H3. The van der Waals surface area contributed by atoms with E-state index in [9.17, 15) is 13.2 Å². The second-order valence-electron chi connectivity index (χ2n) is 3.22. The van der Waals surface area contributed by atoms with Crippen LogP contribution in [0.5, 0.6) is 0 Å². The number of sulfone groups is 1. The summed E-state index contributed by atoms with van der Waals surface area (Å²) in [5, 5.41) is 0. The number of carbonyl (C=O) groups excluding carboxylic acids is 1. The molecule has 0 aromatic heterocycles. The normalized spacial score (nSPS) is 21.2. The first-order chi connectivity index (χ1) is 5.92. The van der Waals surface area contributed by atoms with Crippen LogP contribution in [-0.4, -0.2) is 43.8 Å². The van der Waals surface area contributed by atoms with Crippen LogP contribution in [0, 0.1) is 0 Å². The molecule has 4 nitrogen and oxygen atoms in total. The summed E-state index contributed by atoms with van der Waals surface area (Å²) < 4.78 is 22.1. The van der Waals surface area contributed by atoms with Crippen molar-refractivity contribution in [2.24, 2.45) is 0 Å². The van der Waals surface area contributed by atoms with Crippen LogP contribution in [0.3, 0.4) is 0 Å². The summed E-state index contributed by atoms with van der Waals surface area (Å²) in [5.41, 5.74) is 0.458. The minimum atomic E-state index is -2.90. The van der Waals surface area contributed by atoms with Crippen LogP contribution in [0.15, 0.2) is 12.2 Å². The Morgan fingerprint density at radius 1 is 1.31 bits per heavy atom. The Kier molecular flexibility index (Phi) is 2.75. The molecule has 13 heavy (non-hydrogen) atoms. The van der Waals surface area contributed by atoms with Gasteiger partial charge in [-0.05, 0) is 6.92 Å². The fourth-order valence-electron chi connectivity index (χ4n) is 1.19. The van der Waals surface area contributed by atoms with Gasteiger partial charge in [-0.25, -0.2) is 8.42 Å². The Balaban J connectivity index is 2.60. The Hall–Kier alpha value is -0.840. The first-order valence-electron chi connectivity index (χ1n) is 4.07. The molecule has 0 aromatic rings. The van der Waals surface area contributed by atoms with Gasteiger partial charge in [-0.3, -0.25) is 4.79 Å². The van der Waals surface area contributed by atoms with Crippen LogP contribution in [-0.2, 0) is 14.6 Å². The third kappa shape index (κ3) is 2.55. The van der Waals surface area contributed by atoms with Crippen molar-refractivity contribution in [2.75, 3.05) is 24.6 Å². The summed E-state index contributed by atoms with van der Waals surface area (Å²) in [7, 11) is -2.90. The van der Waals surface area contributed by atoms with Gasteiger partial charge in [0, 0.05) is 18.7 Å². The fraction of sp³-hybridized carbons (Fsp3) is 0.625. The summed E-state index contributed by atoms with van der Waals surface area (Å²) in [5.74, 6) is 0.00722. The predicted octanol–water partition coefficient (Wildman–Crippen LogP) is -0.181. The molecular weight excluding hydrogens is 190 g/mol. The van der Waals surface area contributed by atoms with E-state index >= 15 is 0 Å². The zero-order valence-electron chi connectivity index (χ0n) is 7.62. The summed E-state index contributed by atoms with van der Waals surface area (Å²) >= 11 is 0. The molecule has 0 bridgehead atoms. The molecule has 1 amide bonds. The molecule has 1 aliphatic heterocycles. The van der Waals surface area contributed by atoms with Crippen LogP contribution in [0.4, 0.5) is 0 Å². The molecule has 5 heteroatoms. The Morgan fingerprint density at radius 3 is 2.15 bits per heavy atom. The lowest BCUT2D eigenvalue weighted by Crippen LogP contribution is -2.43. The van der Waals surface area contributed by atoms with E-state index < -0.39 is 9.84 Å². The molecule has 0 aliphatic carbocycles. The van der Waals surface area contributed by atoms with Crippen LogP contribution in [0.25, 0.3) is 0 Å². The lowest BCUT2D eigenvalue weighted by Gasteiger charge is -2.26. The molecule has 0 saturated carbocycles. The van der Waals surface area contributed by atoms with Crippen molar-refractivity contribution < 1.29 is 13.2 Å². The van der Waals surface area contributed by atoms with Gasteiger partial charge in [0.15, 0.2) is 9.84 Å². The van der Waals surface area contributed by atoms with Gasteiger partial charge in [0.25, 0.3) is 0 Å². The SMILES string of the molecule is C=C(C)C(=O)N1CCS(=O)(=O)CC1. The highest BCUT2D eigenvalue weighted by Crippen LogP contribution is 2.06. The first-order valence-corrected chi connectivity index (χ1v) is 5.90. The second-order valence-corrected chi connectivity index (χ2v) is 5.53. The van der Waals surface area contributed by atoms with Crippen molar-refractivity contribution in [2.45, 2.75) is 6.92 Å². The maximum absolute atomic E-state index is 11.3. The van der Waals surface area contributed by atoms with Crippen molar-refractivity contribution >= 4 is 15.7 Å². The highest BCUT2D eigenvalue weighted by Gasteiger charge is 2.24. The average Bonchev–Trinajstić information content (AvgIpc) is 2.03. The number of rotatable bonds is 1. The van der Waals surface area contributed by atoms with E-state index in [1.54, 1.807) is 6.92 Å². The maximum atomic E-state index is 11.3. The zero-order chi connectivity index (χ0) is 10.1. The molecule has 1 fully saturated rings. The average molecular weight is 203 g/mol. The Morgan fingerprint density at radius 2 is 1.77 bits per heavy atom.